The Morgan fingerprint density at radius 2 is 1.91 bits per heavy atom. The summed E-state index contributed by atoms with van der Waals surface area (Å²) in [6.45, 7) is 0.441. The molecule has 1 saturated carbocycles. The molecule has 0 atom stereocenters. The topological polar surface area (TPSA) is 29.1 Å². The molecule has 0 saturated heterocycles. The first-order valence-corrected chi connectivity index (χ1v) is 7.76. The highest BCUT2D eigenvalue weighted by Gasteiger charge is 2.44. The van der Waals surface area contributed by atoms with Gasteiger partial charge in [0.05, 0.1) is 10.6 Å². The fourth-order valence-electron chi connectivity index (χ4n) is 2.59. The molecule has 0 aliphatic heterocycles. The summed E-state index contributed by atoms with van der Waals surface area (Å²) in [5.41, 5.74) is 0.893. The van der Waals surface area contributed by atoms with Crippen molar-refractivity contribution in [3.63, 3.8) is 0 Å². The van der Waals surface area contributed by atoms with Crippen LogP contribution in [0.5, 0.6) is 0 Å². The molecule has 0 bridgehead atoms. The van der Waals surface area contributed by atoms with Gasteiger partial charge in [0.2, 0.25) is 0 Å². The lowest BCUT2D eigenvalue weighted by Gasteiger charge is -2.17. The molecule has 1 N–H and O–H groups in total. The molecule has 0 aromatic heterocycles. The van der Waals surface area contributed by atoms with E-state index in [0.717, 1.165) is 18.4 Å². The van der Waals surface area contributed by atoms with Crippen LogP contribution in [0.25, 0.3) is 0 Å². The summed E-state index contributed by atoms with van der Waals surface area (Å²) >= 11 is 11.9. The van der Waals surface area contributed by atoms with E-state index in [0.29, 0.717) is 11.6 Å². The maximum absolute atomic E-state index is 13.7. The highest BCUT2D eigenvalue weighted by atomic mass is 35.5. The number of hydrogen-bond acceptors (Lipinski definition) is 1. The fourth-order valence-corrected chi connectivity index (χ4v) is 3.03. The van der Waals surface area contributed by atoms with Crippen LogP contribution < -0.4 is 5.32 Å². The van der Waals surface area contributed by atoms with Gasteiger partial charge in [-0.05, 0) is 42.7 Å². The average molecular weight is 338 g/mol. The lowest BCUT2D eigenvalue weighted by Crippen LogP contribution is -2.33. The Bertz CT molecular complexity index is 708. The average Bonchev–Trinajstić information content (AvgIpc) is 3.26. The Morgan fingerprint density at radius 3 is 2.55 bits per heavy atom. The standard InChI is InChI=1S/C17H14Cl2FNO/c18-12-4-1-3-11(9-12)17(7-8-17)10-21-16(22)15-13(19)5-2-6-14(15)20/h1-6,9H,7-8,10H2,(H,21,22). The van der Waals surface area contributed by atoms with Crippen LogP contribution >= 0.6 is 23.2 Å². The number of halogens is 3. The van der Waals surface area contributed by atoms with Crippen LogP contribution in [-0.4, -0.2) is 12.5 Å². The summed E-state index contributed by atoms with van der Waals surface area (Å²) in [5, 5.41) is 3.58. The van der Waals surface area contributed by atoms with Crippen LogP contribution in [0.15, 0.2) is 42.5 Å². The maximum Gasteiger partial charge on any atom is 0.255 e. The van der Waals surface area contributed by atoms with Crippen molar-refractivity contribution in [2.24, 2.45) is 0 Å². The number of carbonyl (C=O) groups excluding carboxylic acids is 1. The summed E-state index contributed by atoms with van der Waals surface area (Å²) in [6, 6.07) is 11.8. The molecule has 2 nitrogen and oxygen atoms in total. The Kier molecular flexibility index (Phi) is 4.11. The molecule has 0 heterocycles. The van der Waals surface area contributed by atoms with Crippen LogP contribution in [0.1, 0.15) is 28.8 Å². The summed E-state index contributed by atoms with van der Waals surface area (Å²) in [6.07, 6.45) is 1.94. The van der Waals surface area contributed by atoms with E-state index in [1.54, 1.807) is 0 Å². The van der Waals surface area contributed by atoms with Gasteiger partial charge in [-0.3, -0.25) is 4.79 Å². The Labute approximate surface area is 138 Å². The van der Waals surface area contributed by atoms with Crippen molar-refractivity contribution in [1.29, 1.82) is 0 Å². The van der Waals surface area contributed by atoms with Crippen LogP contribution in [0, 0.1) is 5.82 Å². The Balaban J connectivity index is 1.74. The first-order chi connectivity index (χ1) is 10.5. The lowest BCUT2D eigenvalue weighted by atomic mass is 9.96. The molecule has 1 aliphatic rings. The molecule has 5 heteroatoms. The van der Waals surface area contributed by atoms with Gasteiger partial charge in [0.15, 0.2) is 0 Å². The largest absolute Gasteiger partial charge is 0.351 e. The third-order valence-corrected chi connectivity index (χ3v) is 4.62. The van der Waals surface area contributed by atoms with Crippen molar-refractivity contribution in [1.82, 2.24) is 5.32 Å². The van der Waals surface area contributed by atoms with E-state index < -0.39 is 11.7 Å². The highest BCUT2D eigenvalue weighted by molar-refractivity contribution is 6.33. The van der Waals surface area contributed by atoms with E-state index in [1.807, 2.05) is 24.3 Å². The molecule has 2 aromatic rings. The number of benzene rings is 2. The van der Waals surface area contributed by atoms with Crippen LogP contribution in [0.4, 0.5) is 4.39 Å². The second-order valence-corrected chi connectivity index (χ2v) is 6.41. The molecule has 0 unspecified atom stereocenters. The van der Waals surface area contributed by atoms with Gasteiger partial charge in [0, 0.05) is 17.0 Å². The number of rotatable bonds is 4. The first-order valence-electron chi connectivity index (χ1n) is 7.00. The summed E-state index contributed by atoms with van der Waals surface area (Å²) in [7, 11) is 0. The van der Waals surface area contributed by atoms with Gasteiger partial charge in [-0.2, -0.15) is 0 Å². The van der Waals surface area contributed by atoms with Gasteiger partial charge >= 0.3 is 0 Å². The van der Waals surface area contributed by atoms with Gasteiger partial charge < -0.3 is 5.32 Å². The van der Waals surface area contributed by atoms with E-state index in [-0.39, 0.29) is 16.0 Å². The van der Waals surface area contributed by atoms with Crippen LogP contribution in [0.3, 0.4) is 0 Å². The second kappa shape index (κ2) is 5.90. The van der Waals surface area contributed by atoms with Gasteiger partial charge in [-0.25, -0.2) is 4.39 Å². The highest BCUT2D eigenvalue weighted by Crippen LogP contribution is 2.48. The van der Waals surface area contributed by atoms with Crippen molar-refractivity contribution in [2.75, 3.05) is 6.54 Å². The molecular formula is C17H14Cl2FNO. The Hall–Kier alpha value is -1.58. The van der Waals surface area contributed by atoms with E-state index >= 15 is 0 Å². The van der Waals surface area contributed by atoms with Gasteiger partial charge in [-0.1, -0.05) is 41.4 Å². The molecule has 3 rings (SSSR count). The molecule has 2 aromatic carbocycles. The predicted octanol–water partition coefficient (Wildman–Crippen LogP) is 4.59. The quantitative estimate of drug-likeness (QED) is 0.868. The zero-order valence-corrected chi connectivity index (χ0v) is 13.2. The molecule has 1 amide bonds. The molecule has 0 radical (unpaired) electrons. The monoisotopic (exact) mass is 337 g/mol. The molecule has 114 valence electrons. The van der Waals surface area contributed by atoms with Crippen molar-refractivity contribution in [3.8, 4) is 0 Å². The normalized spacial score (nSPS) is 15.4. The summed E-state index contributed by atoms with van der Waals surface area (Å²) in [5.74, 6) is -1.10. The van der Waals surface area contributed by atoms with Gasteiger partial charge in [-0.15, -0.1) is 0 Å². The van der Waals surface area contributed by atoms with E-state index in [1.165, 1.54) is 18.2 Å². The minimum atomic E-state index is -0.613. The third-order valence-electron chi connectivity index (χ3n) is 4.07. The van der Waals surface area contributed by atoms with E-state index in [9.17, 15) is 9.18 Å². The lowest BCUT2D eigenvalue weighted by molar-refractivity contribution is 0.0946. The zero-order chi connectivity index (χ0) is 15.7. The van der Waals surface area contributed by atoms with Crippen LogP contribution in [0.2, 0.25) is 10.0 Å². The van der Waals surface area contributed by atoms with Crippen molar-refractivity contribution < 1.29 is 9.18 Å². The van der Waals surface area contributed by atoms with Gasteiger partial charge in [0.1, 0.15) is 5.82 Å². The minimum Gasteiger partial charge on any atom is -0.351 e. The van der Waals surface area contributed by atoms with Crippen molar-refractivity contribution in [2.45, 2.75) is 18.3 Å². The zero-order valence-electron chi connectivity index (χ0n) is 11.7. The minimum absolute atomic E-state index is 0.0989. The second-order valence-electron chi connectivity index (χ2n) is 5.57. The molecule has 1 aliphatic carbocycles. The summed E-state index contributed by atoms with van der Waals surface area (Å²) in [4.78, 5) is 12.2. The van der Waals surface area contributed by atoms with Crippen molar-refractivity contribution >= 4 is 29.1 Å². The molecule has 0 spiro atoms. The SMILES string of the molecule is O=C(NCC1(c2cccc(Cl)c2)CC1)c1c(F)cccc1Cl. The molecule has 1 fully saturated rings. The smallest absolute Gasteiger partial charge is 0.255 e. The molecular weight excluding hydrogens is 324 g/mol. The van der Waals surface area contributed by atoms with Crippen LogP contribution in [-0.2, 0) is 5.41 Å². The molecule has 22 heavy (non-hydrogen) atoms. The van der Waals surface area contributed by atoms with Crippen molar-refractivity contribution in [3.05, 3.63) is 69.5 Å². The first kappa shape index (κ1) is 15.3. The fraction of sp³-hybridized carbons (Fsp3) is 0.235. The van der Waals surface area contributed by atoms with E-state index in [2.05, 4.69) is 5.32 Å². The predicted molar refractivity (Wildman–Crippen MR) is 86.1 cm³/mol. The number of amides is 1. The van der Waals surface area contributed by atoms with E-state index in [4.69, 9.17) is 23.2 Å². The third kappa shape index (κ3) is 2.96. The number of carbonyl (C=O) groups is 1. The van der Waals surface area contributed by atoms with Gasteiger partial charge in [0.25, 0.3) is 5.91 Å². The number of nitrogens with one attached hydrogen (secondary N) is 1. The number of hydrogen-bond donors (Lipinski definition) is 1. The summed E-state index contributed by atoms with van der Waals surface area (Å²) < 4.78 is 13.7. The Morgan fingerprint density at radius 1 is 1.18 bits per heavy atom. The maximum atomic E-state index is 13.7.